The van der Waals surface area contributed by atoms with Crippen molar-refractivity contribution in [2.45, 2.75) is 0 Å². The molecular weight excluding hydrogens is 687 g/mol. The molecule has 0 unspecified atom stereocenters. The third-order valence-electron chi connectivity index (χ3n) is 10.9. The largest absolute Gasteiger partial charge is 0.456 e. The first-order chi connectivity index (χ1) is 27.3. The Morgan fingerprint density at radius 3 is 1.82 bits per heavy atom. The van der Waals surface area contributed by atoms with E-state index in [2.05, 4.69) is 193 Å². The zero-order valence-corrected chi connectivity index (χ0v) is 30.6. The minimum Gasteiger partial charge on any atom is -0.456 e. The predicted molar refractivity (Wildman–Crippen MR) is 235 cm³/mol. The van der Waals surface area contributed by atoms with E-state index in [1.54, 1.807) is 0 Å². The Morgan fingerprint density at radius 2 is 0.945 bits per heavy atom. The number of anilines is 3. The molecule has 0 radical (unpaired) electrons. The van der Waals surface area contributed by atoms with Crippen LogP contribution in [0.2, 0.25) is 0 Å². The van der Waals surface area contributed by atoms with Crippen molar-refractivity contribution in [1.82, 2.24) is 0 Å². The first-order valence-electron chi connectivity index (χ1n) is 18.7. The van der Waals surface area contributed by atoms with Crippen LogP contribution in [0.15, 0.2) is 205 Å². The van der Waals surface area contributed by atoms with Crippen molar-refractivity contribution in [2.24, 2.45) is 0 Å². The van der Waals surface area contributed by atoms with Gasteiger partial charge in [0.05, 0.1) is 11.4 Å². The average molecular weight is 720 g/mol. The van der Waals surface area contributed by atoms with Gasteiger partial charge in [0.15, 0.2) is 0 Å². The van der Waals surface area contributed by atoms with Crippen LogP contribution in [0.4, 0.5) is 17.1 Å². The highest BCUT2D eigenvalue weighted by molar-refractivity contribution is 7.25. The molecule has 0 bridgehead atoms. The molecule has 0 spiro atoms. The lowest BCUT2D eigenvalue weighted by molar-refractivity contribution is 0.669. The van der Waals surface area contributed by atoms with Gasteiger partial charge in [-0.1, -0.05) is 140 Å². The number of hydrogen-bond acceptors (Lipinski definition) is 3. The van der Waals surface area contributed by atoms with E-state index >= 15 is 0 Å². The molecule has 0 aliphatic rings. The lowest BCUT2D eigenvalue weighted by Gasteiger charge is -2.30. The van der Waals surface area contributed by atoms with Crippen molar-refractivity contribution in [2.75, 3.05) is 4.90 Å². The maximum Gasteiger partial charge on any atom is 0.137 e. The molecule has 9 aromatic carbocycles. The number of furan rings is 1. The van der Waals surface area contributed by atoms with Crippen LogP contribution in [0.1, 0.15) is 0 Å². The van der Waals surface area contributed by atoms with Gasteiger partial charge in [-0.25, -0.2) is 0 Å². The lowest BCUT2D eigenvalue weighted by Crippen LogP contribution is -2.12. The van der Waals surface area contributed by atoms with E-state index < -0.39 is 0 Å². The molecule has 0 aliphatic carbocycles. The highest BCUT2D eigenvalue weighted by atomic mass is 32.1. The fraction of sp³-hybridized carbons (Fsp3) is 0. The molecule has 258 valence electrons. The molecule has 11 aromatic rings. The maximum absolute atomic E-state index is 6.51. The summed E-state index contributed by atoms with van der Waals surface area (Å²) in [5.74, 6) is 0. The Bertz CT molecular complexity index is 3240. The Kier molecular flexibility index (Phi) is 7.39. The molecule has 2 heterocycles. The van der Waals surface area contributed by atoms with Gasteiger partial charge in [0.1, 0.15) is 11.2 Å². The number of rotatable bonds is 6. The third kappa shape index (κ3) is 5.32. The molecule has 0 saturated heterocycles. The summed E-state index contributed by atoms with van der Waals surface area (Å²) in [6.07, 6.45) is 0. The van der Waals surface area contributed by atoms with E-state index in [0.717, 1.165) is 50.1 Å². The molecule has 11 rings (SSSR count). The van der Waals surface area contributed by atoms with Crippen LogP contribution in [0.3, 0.4) is 0 Å². The third-order valence-corrected chi connectivity index (χ3v) is 12.0. The van der Waals surface area contributed by atoms with Crippen molar-refractivity contribution >= 4 is 81.3 Å². The summed E-state index contributed by atoms with van der Waals surface area (Å²) in [6, 6.07) is 72.4. The summed E-state index contributed by atoms with van der Waals surface area (Å²) in [5.41, 5.74) is 12.0. The summed E-state index contributed by atoms with van der Waals surface area (Å²) >= 11 is 1.85. The van der Waals surface area contributed by atoms with Crippen molar-refractivity contribution in [3.05, 3.63) is 200 Å². The van der Waals surface area contributed by atoms with E-state index in [9.17, 15) is 0 Å². The van der Waals surface area contributed by atoms with Gasteiger partial charge in [0, 0.05) is 53.8 Å². The summed E-state index contributed by atoms with van der Waals surface area (Å²) < 4.78 is 9.12. The molecule has 3 heteroatoms. The second kappa shape index (κ2) is 12.9. The average Bonchev–Trinajstić information content (AvgIpc) is 3.82. The van der Waals surface area contributed by atoms with Crippen molar-refractivity contribution in [1.29, 1.82) is 0 Å². The van der Waals surface area contributed by atoms with Crippen molar-refractivity contribution in [3.8, 4) is 33.4 Å². The summed E-state index contributed by atoms with van der Waals surface area (Å²) in [6.45, 7) is 0. The second-order valence-corrected chi connectivity index (χ2v) is 15.1. The molecule has 0 N–H and O–H groups in total. The smallest absolute Gasteiger partial charge is 0.137 e. The lowest BCUT2D eigenvalue weighted by atomic mass is 9.91. The van der Waals surface area contributed by atoms with Crippen LogP contribution in [0, 0.1) is 0 Å². The Hall–Kier alpha value is -6.94. The first kappa shape index (κ1) is 31.6. The fourth-order valence-electron chi connectivity index (χ4n) is 8.29. The van der Waals surface area contributed by atoms with E-state index in [1.165, 1.54) is 53.2 Å². The SMILES string of the molecule is c1ccc(-c2ccccc2N(c2ccc3c(c2)oc2ccccc23)c2ccccc2-c2ccc3sc4ccccc4c3c2)c(-c2ccc3ccccc3c2)c1. The highest BCUT2D eigenvalue weighted by Gasteiger charge is 2.23. The fourth-order valence-corrected chi connectivity index (χ4v) is 9.38. The van der Waals surface area contributed by atoms with E-state index in [4.69, 9.17) is 4.42 Å². The standard InChI is InChI=1S/C52H33NOS/c1-2-14-35-31-36(26-25-34(35)13-1)39-15-3-4-17-41(39)42-18-6-10-22-48(42)53(38-28-29-44-43-19-7-11-23-49(43)54-50(44)33-38)47-21-9-5-16-40(47)37-27-30-52-46(32-37)45-20-8-12-24-51(45)55-52/h1-33H. The predicted octanol–water partition coefficient (Wildman–Crippen LogP) is 15.6. The summed E-state index contributed by atoms with van der Waals surface area (Å²) in [7, 11) is 0. The van der Waals surface area contributed by atoms with Crippen LogP contribution < -0.4 is 4.90 Å². The van der Waals surface area contributed by atoms with E-state index in [1.807, 2.05) is 23.5 Å². The van der Waals surface area contributed by atoms with Crippen molar-refractivity contribution < 1.29 is 4.42 Å². The molecule has 55 heavy (non-hydrogen) atoms. The van der Waals surface area contributed by atoms with Gasteiger partial charge >= 0.3 is 0 Å². The van der Waals surface area contributed by atoms with E-state index in [0.29, 0.717) is 0 Å². The van der Waals surface area contributed by atoms with Crippen LogP contribution in [-0.4, -0.2) is 0 Å². The van der Waals surface area contributed by atoms with Gasteiger partial charge in [0.25, 0.3) is 0 Å². The normalized spacial score (nSPS) is 11.6. The van der Waals surface area contributed by atoms with Gasteiger partial charge in [-0.15, -0.1) is 11.3 Å². The van der Waals surface area contributed by atoms with Crippen LogP contribution in [-0.2, 0) is 0 Å². The molecule has 0 fully saturated rings. The minimum absolute atomic E-state index is 0.862. The molecular formula is C52H33NOS. The summed E-state index contributed by atoms with van der Waals surface area (Å²) in [4.78, 5) is 2.42. The van der Waals surface area contributed by atoms with Gasteiger partial charge in [-0.2, -0.15) is 0 Å². The summed E-state index contributed by atoms with van der Waals surface area (Å²) in [5, 5.41) is 7.28. The van der Waals surface area contributed by atoms with E-state index in [-0.39, 0.29) is 0 Å². The zero-order chi connectivity index (χ0) is 36.3. The Morgan fingerprint density at radius 1 is 0.345 bits per heavy atom. The van der Waals surface area contributed by atoms with Gasteiger partial charge < -0.3 is 9.32 Å². The highest BCUT2D eigenvalue weighted by Crippen LogP contribution is 2.48. The molecule has 0 aliphatic heterocycles. The molecule has 2 aromatic heterocycles. The van der Waals surface area contributed by atoms with Gasteiger partial charge in [0.2, 0.25) is 0 Å². The zero-order valence-electron chi connectivity index (χ0n) is 29.8. The Labute approximate surface area is 322 Å². The van der Waals surface area contributed by atoms with Crippen LogP contribution in [0.25, 0.3) is 86.3 Å². The Balaban J connectivity index is 1.15. The van der Waals surface area contributed by atoms with Crippen LogP contribution >= 0.6 is 11.3 Å². The second-order valence-electron chi connectivity index (χ2n) is 14.1. The minimum atomic E-state index is 0.862. The van der Waals surface area contributed by atoms with Crippen molar-refractivity contribution in [3.63, 3.8) is 0 Å². The van der Waals surface area contributed by atoms with Crippen LogP contribution in [0.5, 0.6) is 0 Å². The monoisotopic (exact) mass is 719 g/mol. The molecule has 0 saturated carbocycles. The number of nitrogens with zero attached hydrogens (tertiary/aromatic N) is 1. The quantitative estimate of drug-likeness (QED) is 0.170. The number of para-hydroxylation sites is 3. The number of benzene rings is 9. The first-order valence-corrected chi connectivity index (χ1v) is 19.5. The topological polar surface area (TPSA) is 16.4 Å². The molecule has 0 atom stereocenters. The molecule has 0 amide bonds. The number of hydrogen-bond donors (Lipinski definition) is 0. The molecule has 2 nitrogen and oxygen atoms in total. The van der Waals surface area contributed by atoms with Gasteiger partial charge in [-0.05, 0) is 87.6 Å². The van der Waals surface area contributed by atoms with Gasteiger partial charge in [-0.3, -0.25) is 0 Å². The number of fused-ring (bicyclic) bond motifs is 7. The number of thiophene rings is 1. The maximum atomic E-state index is 6.51.